The zero-order valence-electron chi connectivity index (χ0n) is 13.7. The number of nitrogens with zero attached hydrogens (tertiary/aromatic N) is 3. The minimum absolute atomic E-state index is 0.0742. The lowest BCUT2D eigenvalue weighted by molar-refractivity contribution is -0.384. The van der Waals surface area contributed by atoms with Gasteiger partial charge < -0.3 is 9.32 Å². The van der Waals surface area contributed by atoms with Crippen LogP contribution in [0.15, 0.2) is 39.5 Å². The highest BCUT2D eigenvalue weighted by Gasteiger charge is 2.19. The molecule has 0 unspecified atom stereocenters. The zero-order chi connectivity index (χ0) is 18.8. The second kappa shape index (κ2) is 7.30. The van der Waals surface area contributed by atoms with Gasteiger partial charge in [0.05, 0.1) is 27.4 Å². The Morgan fingerprint density at radius 3 is 2.77 bits per heavy atom. The highest BCUT2D eigenvalue weighted by Crippen LogP contribution is 2.23. The topological polar surface area (TPSA) is 98.6 Å². The van der Waals surface area contributed by atoms with E-state index in [2.05, 4.69) is 0 Å². The number of oxazole rings is 1. The first-order valence-electron chi connectivity index (χ1n) is 7.68. The normalized spacial score (nSPS) is 11.0. The molecule has 2 aromatic heterocycles. The minimum atomic E-state index is -0.732. The summed E-state index contributed by atoms with van der Waals surface area (Å²) in [4.78, 5) is 37.5. The second-order valence-electron chi connectivity index (χ2n) is 5.48. The summed E-state index contributed by atoms with van der Waals surface area (Å²) in [6, 6.07) is 7.45. The van der Waals surface area contributed by atoms with Crippen LogP contribution in [0.3, 0.4) is 0 Å². The maximum absolute atomic E-state index is 12.6. The van der Waals surface area contributed by atoms with E-state index in [0.29, 0.717) is 22.9 Å². The minimum Gasteiger partial charge on any atom is -0.407 e. The first-order valence-corrected chi connectivity index (χ1v) is 8.88. The van der Waals surface area contributed by atoms with Gasteiger partial charge in [0, 0.05) is 17.5 Å². The second-order valence-corrected chi connectivity index (χ2v) is 7.28. The van der Waals surface area contributed by atoms with Crippen LogP contribution >= 0.6 is 22.9 Å². The first-order chi connectivity index (χ1) is 12.4. The highest BCUT2D eigenvalue weighted by molar-refractivity contribution is 7.16. The fraction of sp³-hybridized carbons (Fsp3) is 0.250. The van der Waals surface area contributed by atoms with Crippen LogP contribution in [0.4, 0.5) is 5.69 Å². The summed E-state index contributed by atoms with van der Waals surface area (Å²) in [7, 11) is 0. The lowest BCUT2D eigenvalue weighted by atomic mass is 10.3. The lowest BCUT2D eigenvalue weighted by Gasteiger charge is -2.20. The quantitative estimate of drug-likeness (QED) is 0.471. The number of carbonyl (C=O) groups excluding carboxylic acids is 1. The molecule has 1 aromatic carbocycles. The number of hydrogen-bond donors (Lipinski definition) is 0. The van der Waals surface area contributed by atoms with E-state index in [-0.39, 0.29) is 23.7 Å². The van der Waals surface area contributed by atoms with E-state index in [1.54, 1.807) is 11.0 Å². The summed E-state index contributed by atoms with van der Waals surface area (Å²) in [5, 5.41) is 10.8. The van der Waals surface area contributed by atoms with Gasteiger partial charge in [0.25, 0.3) is 5.69 Å². The average Bonchev–Trinajstić information content (AvgIpc) is 3.15. The number of thiophene rings is 1. The molecule has 2 heterocycles. The van der Waals surface area contributed by atoms with Gasteiger partial charge in [-0.25, -0.2) is 4.79 Å². The Labute approximate surface area is 156 Å². The molecule has 0 saturated carbocycles. The van der Waals surface area contributed by atoms with Crippen LogP contribution in [0, 0.1) is 10.1 Å². The molecule has 1 amide bonds. The number of halogens is 1. The molecular weight excluding hydrogens is 382 g/mol. The third kappa shape index (κ3) is 3.63. The number of carbonyl (C=O) groups is 1. The zero-order valence-corrected chi connectivity index (χ0v) is 15.2. The molecular formula is C16H14ClN3O5S. The number of nitro groups is 1. The molecule has 3 rings (SSSR count). The molecule has 0 saturated heterocycles. The Morgan fingerprint density at radius 1 is 1.38 bits per heavy atom. The van der Waals surface area contributed by atoms with Crippen LogP contribution < -0.4 is 5.76 Å². The molecule has 8 nitrogen and oxygen atoms in total. The summed E-state index contributed by atoms with van der Waals surface area (Å²) in [6.07, 6.45) is 0. The Balaban J connectivity index is 1.84. The lowest BCUT2D eigenvalue weighted by Crippen LogP contribution is -2.35. The van der Waals surface area contributed by atoms with Crippen molar-refractivity contribution in [2.24, 2.45) is 0 Å². The standard InChI is InChI=1S/C16H14ClN3O5S/c1-2-18(8-11-4-6-14(17)26-11)15(21)9-19-12-5-3-10(20(23)24)7-13(12)25-16(19)22/h3-7H,2,8-9H2,1H3. The van der Waals surface area contributed by atoms with Gasteiger partial charge in [0.2, 0.25) is 5.91 Å². The first kappa shape index (κ1) is 18.2. The summed E-state index contributed by atoms with van der Waals surface area (Å²) in [5.74, 6) is -0.996. The van der Waals surface area contributed by atoms with Crippen molar-refractivity contribution in [1.82, 2.24) is 9.47 Å². The number of likely N-dealkylation sites (N-methyl/N-ethyl adjacent to an activating group) is 1. The Morgan fingerprint density at radius 2 is 2.15 bits per heavy atom. The Kier molecular flexibility index (Phi) is 5.10. The number of amides is 1. The molecule has 3 aromatic rings. The third-order valence-corrected chi connectivity index (χ3v) is 5.08. The molecule has 0 bridgehead atoms. The van der Waals surface area contributed by atoms with E-state index in [1.165, 1.54) is 34.1 Å². The van der Waals surface area contributed by atoms with Gasteiger partial charge in [-0.15, -0.1) is 11.3 Å². The van der Waals surface area contributed by atoms with E-state index in [9.17, 15) is 19.7 Å². The van der Waals surface area contributed by atoms with Gasteiger partial charge in [-0.2, -0.15) is 0 Å². The van der Waals surface area contributed by atoms with Crippen molar-refractivity contribution >= 4 is 45.6 Å². The van der Waals surface area contributed by atoms with E-state index < -0.39 is 10.7 Å². The molecule has 0 aliphatic rings. The number of benzene rings is 1. The molecule has 0 atom stereocenters. The highest BCUT2D eigenvalue weighted by atomic mass is 35.5. The number of non-ortho nitro benzene ring substituents is 1. The fourth-order valence-corrected chi connectivity index (χ4v) is 3.66. The van der Waals surface area contributed by atoms with Gasteiger partial charge in [0.15, 0.2) is 5.58 Å². The van der Waals surface area contributed by atoms with Gasteiger partial charge in [-0.3, -0.25) is 19.5 Å². The number of nitro benzene ring substituents is 1. The molecule has 0 fully saturated rings. The van der Waals surface area contributed by atoms with Crippen LogP contribution in [0.1, 0.15) is 11.8 Å². The van der Waals surface area contributed by atoms with Crippen LogP contribution in [0.5, 0.6) is 0 Å². The van der Waals surface area contributed by atoms with Crippen molar-refractivity contribution in [1.29, 1.82) is 0 Å². The van der Waals surface area contributed by atoms with E-state index in [1.807, 2.05) is 13.0 Å². The van der Waals surface area contributed by atoms with Gasteiger partial charge in [-0.05, 0) is 25.1 Å². The van der Waals surface area contributed by atoms with E-state index >= 15 is 0 Å². The largest absolute Gasteiger partial charge is 0.420 e. The van der Waals surface area contributed by atoms with Crippen molar-refractivity contribution in [2.75, 3.05) is 6.54 Å². The molecule has 0 aliphatic carbocycles. The molecule has 0 radical (unpaired) electrons. The van der Waals surface area contributed by atoms with Crippen molar-refractivity contribution in [3.63, 3.8) is 0 Å². The fourth-order valence-electron chi connectivity index (χ4n) is 2.55. The molecule has 0 spiro atoms. The van der Waals surface area contributed by atoms with Crippen LogP contribution in [0.25, 0.3) is 11.1 Å². The third-order valence-electron chi connectivity index (χ3n) is 3.87. The van der Waals surface area contributed by atoms with E-state index in [4.69, 9.17) is 16.0 Å². The molecule has 0 N–H and O–H groups in total. The Bertz CT molecular complexity index is 1040. The van der Waals surface area contributed by atoms with Gasteiger partial charge in [-0.1, -0.05) is 11.6 Å². The number of rotatable bonds is 6. The van der Waals surface area contributed by atoms with Crippen molar-refractivity contribution < 1.29 is 14.1 Å². The summed E-state index contributed by atoms with van der Waals surface area (Å²) < 4.78 is 6.86. The van der Waals surface area contributed by atoms with Crippen LogP contribution in [0.2, 0.25) is 4.34 Å². The monoisotopic (exact) mass is 395 g/mol. The van der Waals surface area contributed by atoms with Crippen molar-refractivity contribution in [3.8, 4) is 0 Å². The predicted octanol–water partition coefficient (Wildman–Crippen LogP) is 3.27. The molecule has 10 heteroatoms. The van der Waals surface area contributed by atoms with Crippen LogP contribution in [-0.4, -0.2) is 26.8 Å². The average molecular weight is 396 g/mol. The van der Waals surface area contributed by atoms with Crippen molar-refractivity contribution in [3.05, 3.63) is 60.2 Å². The summed E-state index contributed by atoms with van der Waals surface area (Å²) in [6.45, 7) is 2.48. The number of aromatic nitrogens is 1. The van der Waals surface area contributed by atoms with Crippen LogP contribution in [-0.2, 0) is 17.9 Å². The summed E-state index contributed by atoms with van der Waals surface area (Å²) in [5.41, 5.74) is 0.226. The van der Waals surface area contributed by atoms with Gasteiger partial charge in [0.1, 0.15) is 6.54 Å². The SMILES string of the molecule is CCN(Cc1ccc(Cl)s1)C(=O)Cn1c(=O)oc2cc([N+](=O)[O-])ccc21. The Hall–Kier alpha value is -2.65. The number of fused-ring (bicyclic) bond motifs is 1. The smallest absolute Gasteiger partial charge is 0.407 e. The maximum atomic E-state index is 12.6. The predicted molar refractivity (Wildman–Crippen MR) is 97.5 cm³/mol. The summed E-state index contributed by atoms with van der Waals surface area (Å²) >= 11 is 7.30. The maximum Gasteiger partial charge on any atom is 0.420 e. The van der Waals surface area contributed by atoms with Crippen molar-refractivity contribution in [2.45, 2.75) is 20.0 Å². The molecule has 136 valence electrons. The molecule has 0 aliphatic heterocycles. The number of hydrogen-bond acceptors (Lipinski definition) is 6. The van der Waals surface area contributed by atoms with Gasteiger partial charge >= 0.3 is 5.76 Å². The van der Waals surface area contributed by atoms with E-state index in [0.717, 1.165) is 4.88 Å². The molecule has 26 heavy (non-hydrogen) atoms.